The van der Waals surface area contributed by atoms with Crippen molar-refractivity contribution in [2.24, 2.45) is 10.2 Å². The van der Waals surface area contributed by atoms with Gasteiger partial charge in [-0.05, 0) is 19.1 Å². The first-order chi connectivity index (χ1) is 8.56. The molecule has 2 rings (SSSR count). The third-order valence-electron chi connectivity index (χ3n) is 2.11. The minimum absolute atomic E-state index is 0.0205. The molecule has 7 nitrogen and oxygen atoms in total. The molecule has 0 spiro atoms. The Morgan fingerprint density at radius 2 is 2.00 bits per heavy atom. The largest absolute Gasteiger partial charge is 0.375 e. The number of rotatable bonds is 3. The minimum Gasteiger partial charge on any atom is -0.375 e. The number of nitrogens with two attached hydrogens (primary N) is 1. The van der Waals surface area contributed by atoms with Crippen LogP contribution >= 0.6 is 11.3 Å². The fraction of sp³-hybridized carbons (Fsp3) is 0.100. The fourth-order valence-electron chi connectivity index (χ4n) is 1.25. The zero-order valence-corrected chi connectivity index (χ0v) is 10.2. The number of nitrogen functional groups attached to an aromatic ring is 1. The molecule has 0 aliphatic heterocycles. The molecule has 0 bridgehead atoms. The maximum atomic E-state index is 10.5. The summed E-state index contributed by atoms with van der Waals surface area (Å²) in [5, 5.41) is 19.5. The highest BCUT2D eigenvalue weighted by atomic mass is 32.1. The van der Waals surface area contributed by atoms with Gasteiger partial charge in [-0.3, -0.25) is 10.1 Å². The molecule has 0 aliphatic carbocycles. The number of nitrogens with zero attached hydrogens (tertiary/aromatic N) is 4. The maximum Gasteiger partial charge on any atom is 0.269 e. The summed E-state index contributed by atoms with van der Waals surface area (Å²) in [5.74, 6) is 0. The number of aromatic nitrogens is 1. The Balaban J connectivity index is 2.18. The third kappa shape index (κ3) is 2.66. The third-order valence-corrected chi connectivity index (χ3v) is 2.98. The summed E-state index contributed by atoms with van der Waals surface area (Å²) in [6.45, 7) is 1.79. The molecule has 1 aromatic heterocycles. The number of hydrogen-bond donors (Lipinski definition) is 1. The Morgan fingerprint density at radius 1 is 1.33 bits per heavy atom. The van der Waals surface area contributed by atoms with E-state index in [1.165, 1.54) is 35.6 Å². The van der Waals surface area contributed by atoms with Crippen LogP contribution < -0.4 is 5.73 Å². The van der Waals surface area contributed by atoms with E-state index >= 15 is 0 Å². The van der Waals surface area contributed by atoms with E-state index in [1.54, 1.807) is 6.92 Å². The van der Waals surface area contributed by atoms with Crippen LogP contribution in [0.3, 0.4) is 0 Å². The van der Waals surface area contributed by atoms with Crippen molar-refractivity contribution < 1.29 is 4.92 Å². The lowest BCUT2D eigenvalue weighted by molar-refractivity contribution is -0.384. The van der Waals surface area contributed by atoms with Gasteiger partial charge in [-0.25, -0.2) is 4.98 Å². The van der Waals surface area contributed by atoms with Crippen molar-refractivity contribution in [3.8, 4) is 0 Å². The lowest BCUT2D eigenvalue weighted by Gasteiger charge is -1.92. The highest BCUT2D eigenvalue weighted by Gasteiger charge is 2.05. The SMILES string of the molecule is Cc1nc(N)sc1N=Nc1ccc([N+](=O)[O-])cc1. The molecule has 0 fully saturated rings. The Kier molecular flexibility index (Phi) is 3.28. The molecular weight excluding hydrogens is 254 g/mol. The molecule has 0 aliphatic rings. The number of non-ortho nitro benzene ring substituents is 1. The highest BCUT2D eigenvalue weighted by Crippen LogP contribution is 2.30. The molecule has 0 radical (unpaired) electrons. The summed E-state index contributed by atoms with van der Waals surface area (Å²) < 4.78 is 0. The zero-order valence-electron chi connectivity index (χ0n) is 9.40. The molecular formula is C10H9N5O2S. The predicted molar refractivity (Wildman–Crippen MR) is 68.5 cm³/mol. The van der Waals surface area contributed by atoms with E-state index < -0.39 is 4.92 Å². The van der Waals surface area contributed by atoms with Crippen LogP contribution in [-0.2, 0) is 0 Å². The summed E-state index contributed by atoms with van der Waals surface area (Å²) in [4.78, 5) is 14.0. The molecule has 0 saturated carbocycles. The van der Waals surface area contributed by atoms with Crippen LogP contribution in [0.2, 0.25) is 0 Å². The summed E-state index contributed by atoms with van der Waals surface area (Å²) in [7, 11) is 0. The zero-order chi connectivity index (χ0) is 13.1. The van der Waals surface area contributed by atoms with Gasteiger partial charge in [-0.15, -0.1) is 10.2 Å². The molecule has 8 heteroatoms. The summed E-state index contributed by atoms with van der Waals surface area (Å²) >= 11 is 1.24. The normalized spacial score (nSPS) is 10.9. The van der Waals surface area contributed by atoms with E-state index in [1.807, 2.05) is 0 Å². The van der Waals surface area contributed by atoms with Gasteiger partial charge in [-0.1, -0.05) is 11.3 Å². The molecule has 18 heavy (non-hydrogen) atoms. The molecule has 1 heterocycles. The second kappa shape index (κ2) is 4.88. The van der Waals surface area contributed by atoms with Crippen LogP contribution in [0.15, 0.2) is 34.5 Å². The molecule has 0 atom stereocenters. The van der Waals surface area contributed by atoms with Crippen molar-refractivity contribution in [3.05, 3.63) is 40.1 Å². The monoisotopic (exact) mass is 263 g/mol. The smallest absolute Gasteiger partial charge is 0.269 e. The Morgan fingerprint density at radius 3 is 2.50 bits per heavy atom. The predicted octanol–water partition coefficient (Wildman–Crippen LogP) is 3.36. The number of benzene rings is 1. The van der Waals surface area contributed by atoms with Crippen LogP contribution in [-0.4, -0.2) is 9.91 Å². The minimum atomic E-state index is -0.463. The van der Waals surface area contributed by atoms with Gasteiger partial charge in [0.25, 0.3) is 5.69 Å². The Bertz CT molecular complexity index is 605. The van der Waals surface area contributed by atoms with Crippen LogP contribution in [0, 0.1) is 17.0 Å². The Labute approximate surface area is 106 Å². The average Bonchev–Trinajstić information content (AvgIpc) is 2.66. The second-order valence-electron chi connectivity index (χ2n) is 3.42. The van der Waals surface area contributed by atoms with Crippen molar-refractivity contribution >= 4 is 32.8 Å². The molecule has 0 unspecified atom stereocenters. The first-order valence-corrected chi connectivity index (χ1v) is 5.77. The standard InChI is InChI=1S/C10H9N5O2S/c1-6-9(18-10(11)12-6)14-13-7-2-4-8(5-3-7)15(16)17/h2-5H,1H3,(H2,11,12). The number of anilines is 1. The number of thiazole rings is 1. The molecule has 92 valence electrons. The van der Waals surface area contributed by atoms with Gasteiger partial charge >= 0.3 is 0 Å². The van der Waals surface area contributed by atoms with Gasteiger partial charge in [0.15, 0.2) is 10.1 Å². The number of azo groups is 1. The molecule has 1 aromatic carbocycles. The van der Waals surface area contributed by atoms with Crippen LogP contribution in [0.1, 0.15) is 5.69 Å². The van der Waals surface area contributed by atoms with Crippen molar-refractivity contribution in [1.29, 1.82) is 0 Å². The van der Waals surface area contributed by atoms with E-state index in [2.05, 4.69) is 15.2 Å². The van der Waals surface area contributed by atoms with Gasteiger partial charge in [0, 0.05) is 12.1 Å². The molecule has 0 amide bonds. The van der Waals surface area contributed by atoms with Gasteiger partial charge < -0.3 is 5.73 Å². The summed E-state index contributed by atoms with van der Waals surface area (Å²) in [6, 6.07) is 5.81. The van der Waals surface area contributed by atoms with Gasteiger partial charge in [-0.2, -0.15) is 0 Å². The average molecular weight is 263 g/mol. The topological polar surface area (TPSA) is 107 Å². The first kappa shape index (κ1) is 12.1. The van der Waals surface area contributed by atoms with E-state index in [4.69, 9.17) is 5.73 Å². The highest BCUT2D eigenvalue weighted by molar-refractivity contribution is 7.19. The van der Waals surface area contributed by atoms with Crippen LogP contribution in [0.25, 0.3) is 0 Å². The van der Waals surface area contributed by atoms with Crippen LogP contribution in [0.5, 0.6) is 0 Å². The van der Waals surface area contributed by atoms with Crippen molar-refractivity contribution in [3.63, 3.8) is 0 Å². The first-order valence-electron chi connectivity index (χ1n) is 4.95. The fourth-order valence-corrected chi connectivity index (χ4v) is 1.90. The number of hydrogen-bond acceptors (Lipinski definition) is 7. The second-order valence-corrected chi connectivity index (χ2v) is 4.43. The van der Waals surface area contributed by atoms with Gasteiger partial charge in [0.1, 0.15) is 0 Å². The number of nitro benzene ring substituents is 1. The van der Waals surface area contributed by atoms with E-state index in [0.717, 1.165) is 0 Å². The number of aryl methyl sites for hydroxylation is 1. The lowest BCUT2D eigenvalue weighted by Crippen LogP contribution is -1.85. The quantitative estimate of drug-likeness (QED) is 0.520. The van der Waals surface area contributed by atoms with E-state index in [9.17, 15) is 10.1 Å². The van der Waals surface area contributed by atoms with Crippen LogP contribution in [0.4, 0.5) is 21.5 Å². The Hall–Kier alpha value is -2.35. The molecule has 2 N–H and O–H groups in total. The lowest BCUT2D eigenvalue weighted by atomic mass is 10.3. The summed E-state index contributed by atoms with van der Waals surface area (Å²) in [6.07, 6.45) is 0. The molecule has 0 saturated heterocycles. The van der Waals surface area contributed by atoms with E-state index in [0.29, 0.717) is 21.5 Å². The van der Waals surface area contributed by atoms with Crippen molar-refractivity contribution in [1.82, 2.24) is 4.98 Å². The van der Waals surface area contributed by atoms with Crippen molar-refractivity contribution in [2.75, 3.05) is 5.73 Å². The molecule has 2 aromatic rings. The van der Waals surface area contributed by atoms with E-state index in [-0.39, 0.29) is 5.69 Å². The van der Waals surface area contributed by atoms with Crippen molar-refractivity contribution in [2.45, 2.75) is 6.92 Å². The maximum absolute atomic E-state index is 10.5. The number of nitro groups is 1. The van der Waals surface area contributed by atoms with Gasteiger partial charge in [0.05, 0.1) is 16.3 Å². The van der Waals surface area contributed by atoms with Gasteiger partial charge in [0.2, 0.25) is 0 Å². The summed E-state index contributed by atoms with van der Waals surface area (Å²) in [5.41, 5.74) is 6.80.